The van der Waals surface area contributed by atoms with E-state index in [-0.39, 0.29) is 19.0 Å². The molecule has 0 aliphatic carbocycles. The van der Waals surface area contributed by atoms with Crippen LogP contribution in [0.4, 0.5) is 11.5 Å². The van der Waals surface area contributed by atoms with E-state index < -0.39 is 10.2 Å². The number of rotatable bonds is 11. The van der Waals surface area contributed by atoms with Crippen LogP contribution in [0.2, 0.25) is 0 Å². The average Bonchev–Trinajstić information content (AvgIpc) is 3.05. The van der Waals surface area contributed by atoms with E-state index in [1.165, 1.54) is 29.0 Å². The molecule has 2 N–H and O–H groups in total. The van der Waals surface area contributed by atoms with Gasteiger partial charge in [0.05, 0.1) is 31.7 Å². The van der Waals surface area contributed by atoms with Crippen LogP contribution in [0.25, 0.3) is 0 Å². The number of nitrogen functional groups attached to an aromatic ring is 1. The summed E-state index contributed by atoms with van der Waals surface area (Å²) >= 11 is 0. The second kappa shape index (κ2) is 10.6. The van der Waals surface area contributed by atoms with Crippen LogP contribution in [0, 0.1) is 0 Å². The Morgan fingerprint density at radius 3 is 2.68 bits per heavy atom. The third kappa shape index (κ3) is 6.09. The van der Waals surface area contributed by atoms with Gasteiger partial charge >= 0.3 is 10.2 Å². The summed E-state index contributed by atoms with van der Waals surface area (Å²) < 4.78 is 38.8. The molecule has 10 nitrogen and oxygen atoms in total. The van der Waals surface area contributed by atoms with E-state index in [1.807, 2.05) is 31.2 Å². The van der Waals surface area contributed by atoms with Crippen molar-refractivity contribution in [3.63, 3.8) is 0 Å². The minimum atomic E-state index is -3.70. The van der Waals surface area contributed by atoms with Gasteiger partial charge in [0.2, 0.25) is 0 Å². The van der Waals surface area contributed by atoms with Gasteiger partial charge in [-0.2, -0.15) is 8.42 Å². The van der Waals surface area contributed by atoms with Gasteiger partial charge in [0, 0.05) is 24.7 Å². The van der Waals surface area contributed by atoms with Crippen LogP contribution >= 0.6 is 0 Å². The minimum absolute atomic E-state index is 0.184. The normalized spacial score (nSPS) is 15.0. The highest BCUT2D eigenvalue weighted by atomic mass is 32.2. The average molecular weight is 448 g/mol. The van der Waals surface area contributed by atoms with E-state index in [0.717, 1.165) is 9.87 Å². The molecule has 1 aliphatic rings. The first-order chi connectivity index (χ1) is 15.0. The highest BCUT2D eigenvalue weighted by Crippen LogP contribution is 2.26. The third-order valence-electron chi connectivity index (χ3n) is 4.17. The summed E-state index contributed by atoms with van der Waals surface area (Å²) in [7, 11) is -3.70. The van der Waals surface area contributed by atoms with Gasteiger partial charge in [-0.05, 0) is 42.8 Å². The van der Waals surface area contributed by atoms with Crippen molar-refractivity contribution >= 4 is 27.9 Å². The molecular formula is C20H25N5O5S. The fourth-order valence-electron chi connectivity index (χ4n) is 2.68. The summed E-state index contributed by atoms with van der Waals surface area (Å²) in [6.07, 6.45) is 6.04. The van der Waals surface area contributed by atoms with Crippen LogP contribution < -0.4 is 14.8 Å². The molecular weight excluding hydrogens is 422 g/mol. The first-order valence-corrected chi connectivity index (χ1v) is 11.1. The number of nitrogens with zero attached hydrogens (tertiary/aromatic N) is 4. The van der Waals surface area contributed by atoms with Gasteiger partial charge in [-0.25, -0.2) is 9.29 Å². The molecule has 0 amide bonds. The van der Waals surface area contributed by atoms with E-state index in [0.29, 0.717) is 31.3 Å². The molecule has 0 bridgehead atoms. The molecule has 0 radical (unpaired) electrons. The van der Waals surface area contributed by atoms with Gasteiger partial charge in [-0.3, -0.25) is 4.31 Å². The third-order valence-corrected chi connectivity index (χ3v) is 5.90. The molecule has 1 aromatic carbocycles. The van der Waals surface area contributed by atoms with Crippen LogP contribution in [0.5, 0.6) is 5.75 Å². The molecule has 0 fully saturated rings. The minimum Gasteiger partial charge on any atom is -0.491 e. The van der Waals surface area contributed by atoms with E-state index >= 15 is 0 Å². The molecule has 0 atom stereocenters. The zero-order valence-corrected chi connectivity index (χ0v) is 17.9. The van der Waals surface area contributed by atoms with Crippen molar-refractivity contribution in [2.75, 3.05) is 43.0 Å². The van der Waals surface area contributed by atoms with Crippen LogP contribution in [0.1, 0.15) is 12.5 Å². The summed E-state index contributed by atoms with van der Waals surface area (Å²) in [5.74, 6) is 0.950. The number of hydrogen-bond donors (Lipinski definition) is 1. The summed E-state index contributed by atoms with van der Waals surface area (Å²) in [6, 6.07) is 10.5. The molecule has 2 aromatic rings. The maximum atomic E-state index is 12.7. The molecule has 166 valence electrons. The van der Waals surface area contributed by atoms with Gasteiger partial charge in [-0.15, -0.1) is 0 Å². The van der Waals surface area contributed by atoms with Gasteiger partial charge in [0.1, 0.15) is 24.8 Å². The lowest BCUT2D eigenvalue weighted by Gasteiger charge is -2.21. The first-order valence-electron chi connectivity index (χ1n) is 9.67. The molecule has 0 saturated carbocycles. The molecule has 1 aromatic heterocycles. The number of ether oxygens (including phenoxy) is 2. The lowest BCUT2D eigenvalue weighted by molar-refractivity contribution is 0.0967. The van der Waals surface area contributed by atoms with Gasteiger partial charge < -0.3 is 20.0 Å². The number of hydrogen-bond acceptors (Lipinski definition) is 8. The fourth-order valence-corrected chi connectivity index (χ4v) is 4.01. The van der Waals surface area contributed by atoms with Crippen LogP contribution in [0.3, 0.4) is 0 Å². The molecule has 31 heavy (non-hydrogen) atoms. The monoisotopic (exact) mass is 447 g/mol. The molecule has 2 heterocycles. The van der Waals surface area contributed by atoms with Crippen LogP contribution in [-0.2, 0) is 19.8 Å². The van der Waals surface area contributed by atoms with Crippen molar-refractivity contribution in [1.29, 1.82) is 0 Å². The van der Waals surface area contributed by atoms with E-state index in [9.17, 15) is 8.42 Å². The number of anilines is 2. The Hall–Kier alpha value is -3.31. The summed E-state index contributed by atoms with van der Waals surface area (Å²) in [5, 5.41) is 3.81. The van der Waals surface area contributed by atoms with E-state index in [2.05, 4.69) is 10.1 Å². The SMILES string of the molecule is CCO/N=C/c1ccc(OCCOCCN2C=CN(c3ccnc(N)c3)S2(=O)=O)cc1. The molecule has 0 unspecified atom stereocenters. The number of benzene rings is 1. The van der Waals surface area contributed by atoms with Gasteiger partial charge in [-0.1, -0.05) is 5.16 Å². The predicted molar refractivity (Wildman–Crippen MR) is 118 cm³/mol. The number of aromatic nitrogens is 1. The summed E-state index contributed by atoms with van der Waals surface area (Å²) in [6.45, 7) is 3.48. The van der Waals surface area contributed by atoms with Crippen molar-refractivity contribution in [2.45, 2.75) is 6.92 Å². The number of pyridine rings is 1. The van der Waals surface area contributed by atoms with Gasteiger partial charge in [0.15, 0.2) is 0 Å². The predicted octanol–water partition coefficient (Wildman–Crippen LogP) is 1.97. The Bertz CT molecular complexity index is 1010. The maximum Gasteiger partial charge on any atom is 0.329 e. The summed E-state index contributed by atoms with van der Waals surface area (Å²) in [5.41, 5.74) is 6.97. The number of oxime groups is 1. The lowest BCUT2D eigenvalue weighted by Crippen LogP contribution is -2.35. The molecule has 3 rings (SSSR count). The van der Waals surface area contributed by atoms with Crippen LogP contribution in [-0.4, -0.2) is 56.9 Å². The highest BCUT2D eigenvalue weighted by Gasteiger charge is 2.31. The van der Waals surface area contributed by atoms with Crippen molar-refractivity contribution in [2.24, 2.45) is 5.16 Å². The molecule has 0 spiro atoms. The molecule has 11 heteroatoms. The fraction of sp³-hybridized carbons (Fsp3) is 0.300. The molecule has 0 saturated heterocycles. The zero-order chi connectivity index (χ0) is 22.1. The Morgan fingerprint density at radius 2 is 1.94 bits per heavy atom. The Morgan fingerprint density at radius 1 is 1.13 bits per heavy atom. The topological polar surface area (TPSA) is 120 Å². The maximum absolute atomic E-state index is 12.7. The molecule has 1 aliphatic heterocycles. The Labute approximate surface area is 181 Å². The Balaban J connectivity index is 1.37. The van der Waals surface area contributed by atoms with E-state index in [4.69, 9.17) is 20.0 Å². The Kier molecular flexibility index (Phi) is 7.68. The van der Waals surface area contributed by atoms with Crippen molar-refractivity contribution < 1.29 is 22.7 Å². The van der Waals surface area contributed by atoms with Crippen LogP contribution in [0.15, 0.2) is 60.2 Å². The summed E-state index contributed by atoms with van der Waals surface area (Å²) in [4.78, 5) is 8.79. The van der Waals surface area contributed by atoms with E-state index in [1.54, 1.807) is 12.3 Å². The second-order valence-corrected chi connectivity index (χ2v) is 8.09. The van der Waals surface area contributed by atoms with Gasteiger partial charge in [0.25, 0.3) is 0 Å². The quantitative estimate of drug-likeness (QED) is 0.318. The van der Waals surface area contributed by atoms with Crippen molar-refractivity contribution in [3.05, 3.63) is 60.6 Å². The smallest absolute Gasteiger partial charge is 0.329 e. The highest BCUT2D eigenvalue weighted by molar-refractivity contribution is 7.91. The zero-order valence-electron chi connectivity index (χ0n) is 17.1. The van der Waals surface area contributed by atoms with Crippen molar-refractivity contribution in [3.8, 4) is 5.75 Å². The lowest BCUT2D eigenvalue weighted by atomic mass is 10.2. The number of nitrogens with two attached hydrogens (primary N) is 1. The second-order valence-electron chi connectivity index (χ2n) is 6.33. The largest absolute Gasteiger partial charge is 0.491 e. The standard InChI is InChI=1S/C20H25N5O5S/c1-2-30-23-16-17-3-5-19(6-4-17)29-14-13-28-12-11-24-9-10-25(31(24,26)27)18-7-8-22-20(21)15-18/h3-10,15-16H,2,11-14H2,1H3,(H2,21,22)/b23-16+. The van der Waals surface area contributed by atoms with Crippen molar-refractivity contribution in [1.82, 2.24) is 9.29 Å². The first kappa shape index (κ1) is 22.4.